The second-order valence-corrected chi connectivity index (χ2v) is 5.23. The van der Waals surface area contributed by atoms with Crippen LogP contribution >= 0.6 is 0 Å². The van der Waals surface area contributed by atoms with E-state index in [1.54, 1.807) is 0 Å². The number of carbonyl (C=O) groups excluding carboxylic acids is 1. The molecule has 0 saturated carbocycles. The third kappa shape index (κ3) is 2.71. The van der Waals surface area contributed by atoms with Crippen LogP contribution in [0, 0.1) is 5.82 Å². The molecule has 0 atom stereocenters. The minimum absolute atomic E-state index is 0.0183. The average molecular weight is 284 g/mol. The van der Waals surface area contributed by atoms with E-state index >= 15 is 0 Å². The van der Waals surface area contributed by atoms with Crippen LogP contribution in [0.4, 0.5) is 10.1 Å². The van der Waals surface area contributed by atoms with E-state index in [-0.39, 0.29) is 10.7 Å². The van der Waals surface area contributed by atoms with E-state index in [1.807, 2.05) is 0 Å². The first-order chi connectivity index (χ1) is 8.90. The van der Waals surface area contributed by atoms with Gasteiger partial charge in [-0.1, -0.05) is 0 Å². The summed E-state index contributed by atoms with van der Waals surface area (Å²) in [5.74, 6) is -1.81. The maximum absolute atomic E-state index is 13.2. The zero-order valence-electron chi connectivity index (χ0n) is 9.42. The number of rotatable bonds is 4. The molecular formula is C10H9FN4O3S. The first-order valence-electron chi connectivity index (χ1n) is 5.01. The van der Waals surface area contributed by atoms with Gasteiger partial charge in [0.05, 0.1) is 18.1 Å². The molecule has 2 rings (SSSR count). The number of hydrogen-bond donors (Lipinski definition) is 3. The molecule has 19 heavy (non-hydrogen) atoms. The molecule has 1 aromatic carbocycles. The Labute approximate surface area is 107 Å². The number of carbonyl (C=O) groups is 1. The molecule has 0 aliphatic heterocycles. The summed E-state index contributed by atoms with van der Waals surface area (Å²) in [6.45, 7) is 0. The molecule has 9 heteroatoms. The summed E-state index contributed by atoms with van der Waals surface area (Å²) < 4.78 is 39.1. The van der Waals surface area contributed by atoms with Crippen LogP contribution in [-0.2, 0) is 10.0 Å². The quantitative estimate of drug-likeness (QED) is 0.755. The fourth-order valence-electron chi connectivity index (χ4n) is 1.38. The van der Waals surface area contributed by atoms with Gasteiger partial charge >= 0.3 is 0 Å². The minimum atomic E-state index is -3.87. The van der Waals surface area contributed by atoms with E-state index in [4.69, 9.17) is 5.73 Å². The summed E-state index contributed by atoms with van der Waals surface area (Å²) in [6.07, 6.45) is 2.31. The highest BCUT2D eigenvalue weighted by atomic mass is 32.2. The van der Waals surface area contributed by atoms with E-state index in [9.17, 15) is 17.6 Å². The number of amides is 1. The van der Waals surface area contributed by atoms with Crippen LogP contribution in [0.5, 0.6) is 0 Å². The molecule has 0 spiro atoms. The van der Waals surface area contributed by atoms with Crippen molar-refractivity contribution in [3.8, 4) is 0 Å². The van der Waals surface area contributed by atoms with E-state index in [1.165, 1.54) is 12.4 Å². The normalized spacial score (nSPS) is 11.2. The van der Waals surface area contributed by atoms with Crippen LogP contribution in [0.3, 0.4) is 0 Å². The second kappa shape index (κ2) is 4.69. The van der Waals surface area contributed by atoms with Crippen LogP contribution in [0.1, 0.15) is 10.4 Å². The van der Waals surface area contributed by atoms with Gasteiger partial charge in [0.25, 0.3) is 15.9 Å². The SMILES string of the molecule is NC(=O)c1cc(NS(=O)(=O)c2cnc[nH]2)ccc1F. The highest BCUT2D eigenvalue weighted by Crippen LogP contribution is 2.17. The first kappa shape index (κ1) is 13.0. The largest absolute Gasteiger partial charge is 0.366 e. The van der Waals surface area contributed by atoms with Gasteiger partial charge in [-0.05, 0) is 18.2 Å². The van der Waals surface area contributed by atoms with Crippen molar-refractivity contribution in [1.82, 2.24) is 9.97 Å². The Hall–Kier alpha value is -2.42. The van der Waals surface area contributed by atoms with Gasteiger partial charge in [0.1, 0.15) is 5.82 Å². The smallest absolute Gasteiger partial charge is 0.278 e. The lowest BCUT2D eigenvalue weighted by molar-refractivity contribution is 0.0996. The van der Waals surface area contributed by atoms with Crippen molar-refractivity contribution in [3.05, 3.63) is 42.1 Å². The number of H-pyrrole nitrogens is 1. The van der Waals surface area contributed by atoms with E-state index < -0.39 is 27.3 Å². The van der Waals surface area contributed by atoms with Crippen molar-refractivity contribution in [1.29, 1.82) is 0 Å². The molecule has 1 heterocycles. The summed E-state index contributed by atoms with van der Waals surface area (Å²) in [5, 5.41) is -0.155. The lowest BCUT2D eigenvalue weighted by Crippen LogP contribution is -2.16. The summed E-state index contributed by atoms with van der Waals surface area (Å²) in [4.78, 5) is 17.0. The van der Waals surface area contributed by atoms with Gasteiger partial charge in [0.15, 0.2) is 5.03 Å². The van der Waals surface area contributed by atoms with Crippen molar-refractivity contribution in [2.75, 3.05) is 4.72 Å². The van der Waals surface area contributed by atoms with Crippen molar-refractivity contribution in [2.24, 2.45) is 5.73 Å². The predicted octanol–water partition coefficient (Wildman–Crippen LogP) is 0.448. The van der Waals surface area contributed by atoms with Crippen LogP contribution < -0.4 is 10.5 Å². The van der Waals surface area contributed by atoms with Gasteiger partial charge in [-0.3, -0.25) is 9.52 Å². The molecule has 0 fully saturated rings. The number of aromatic nitrogens is 2. The monoisotopic (exact) mass is 284 g/mol. The Kier molecular flexibility index (Phi) is 3.21. The first-order valence-corrected chi connectivity index (χ1v) is 6.49. The van der Waals surface area contributed by atoms with Gasteiger partial charge in [-0.15, -0.1) is 0 Å². The van der Waals surface area contributed by atoms with Gasteiger partial charge < -0.3 is 10.7 Å². The lowest BCUT2D eigenvalue weighted by Gasteiger charge is -2.07. The number of anilines is 1. The molecule has 0 unspecified atom stereocenters. The zero-order chi connectivity index (χ0) is 14.0. The predicted molar refractivity (Wildman–Crippen MR) is 64.3 cm³/mol. The number of nitrogens with two attached hydrogens (primary N) is 1. The second-order valence-electron chi connectivity index (χ2n) is 3.58. The Morgan fingerprint density at radius 1 is 1.42 bits per heavy atom. The van der Waals surface area contributed by atoms with Crippen LogP contribution in [0.15, 0.2) is 35.7 Å². The van der Waals surface area contributed by atoms with Crippen LogP contribution in [0.2, 0.25) is 0 Å². The lowest BCUT2D eigenvalue weighted by atomic mass is 10.2. The van der Waals surface area contributed by atoms with Crippen molar-refractivity contribution in [3.63, 3.8) is 0 Å². The summed E-state index contributed by atoms with van der Waals surface area (Å²) in [6, 6.07) is 3.15. The Morgan fingerprint density at radius 3 is 2.74 bits per heavy atom. The summed E-state index contributed by atoms with van der Waals surface area (Å²) >= 11 is 0. The summed E-state index contributed by atoms with van der Waals surface area (Å²) in [5.41, 5.74) is 4.59. The zero-order valence-corrected chi connectivity index (χ0v) is 10.2. The molecule has 2 aromatic rings. The number of imidazole rings is 1. The van der Waals surface area contributed by atoms with E-state index in [0.29, 0.717) is 0 Å². The highest BCUT2D eigenvalue weighted by Gasteiger charge is 2.17. The minimum Gasteiger partial charge on any atom is -0.366 e. The molecule has 100 valence electrons. The fraction of sp³-hybridized carbons (Fsp3) is 0. The number of halogens is 1. The number of sulfonamides is 1. The number of benzene rings is 1. The number of nitrogens with one attached hydrogen (secondary N) is 2. The summed E-state index contributed by atoms with van der Waals surface area (Å²) in [7, 11) is -3.87. The van der Waals surface area contributed by atoms with Crippen LogP contribution in [0.25, 0.3) is 0 Å². The van der Waals surface area contributed by atoms with Gasteiger partial charge in [0.2, 0.25) is 0 Å². The van der Waals surface area contributed by atoms with Gasteiger partial charge in [-0.2, -0.15) is 8.42 Å². The molecule has 0 saturated heterocycles. The molecule has 0 radical (unpaired) electrons. The Balaban J connectivity index is 2.35. The average Bonchev–Trinajstić information content (AvgIpc) is 2.85. The molecule has 1 amide bonds. The van der Waals surface area contributed by atoms with Crippen LogP contribution in [-0.4, -0.2) is 24.3 Å². The molecule has 1 aromatic heterocycles. The standard InChI is InChI=1S/C10H9FN4O3S/c11-8-2-1-6(3-7(8)10(12)16)15-19(17,18)9-4-13-5-14-9/h1-5,15H,(H2,12,16)(H,13,14). The van der Waals surface area contributed by atoms with E-state index in [2.05, 4.69) is 14.7 Å². The van der Waals surface area contributed by atoms with Gasteiger partial charge in [-0.25, -0.2) is 9.37 Å². The molecule has 0 aliphatic rings. The van der Waals surface area contributed by atoms with Crippen molar-refractivity contribution in [2.45, 2.75) is 5.03 Å². The number of primary amides is 1. The Morgan fingerprint density at radius 2 is 2.16 bits per heavy atom. The van der Waals surface area contributed by atoms with E-state index in [0.717, 1.165) is 18.3 Å². The maximum atomic E-state index is 13.2. The third-order valence-electron chi connectivity index (χ3n) is 2.25. The fourth-order valence-corrected chi connectivity index (χ4v) is 2.33. The topological polar surface area (TPSA) is 118 Å². The molecule has 4 N–H and O–H groups in total. The number of aromatic amines is 1. The van der Waals surface area contributed by atoms with Crippen molar-refractivity contribution >= 4 is 21.6 Å². The van der Waals surface area contributed by atoms with Gasteiger partial charge in [0, 0.05) is 5.69 Å². The molecule has 0 bridgehead atoms. The third-order valence-corrected chi connectivity index (χ3v) is 3.55. The van der Waals surface area contributed by atoms with Crippen molar-refractivity contribution < 1.29 is 17.6 Å². The number of hydrogen-bond acceptors (Lipinski definition) is 4. The Bertz CT molecular complexity index is 712. The highest BCUT2D eigenvalue weighted by molar-refractivity contribution is 7.92. The molecule has 0 aliphatic carbocycles. The number of nitrogens with zero attached hydrogens (tertiary/aromatic N) is 1. The molecular weight excluding hydrogens is 275 g/mol. The maximum Gasteiger partial charge on any atom is 0.278 e. The molecule has 7 nitrogen and oxygen atoms in total.